The van der Waals surface area contributed by atoms with E-state index in [1.807, 2.05) is 6.92 Å². The molecule has 9 heteroatoms. The van der Waals surface area contributed by atoms with Crippen molar-refractivity contribution in [2.24, 2.45) is 5.92 Å². The lowest BCUT2D eigenvalue weighted by atomic mass is 9.81. The van der Waals surface area contributed by atoms with Crippen LogP contribution in [0.5, 0.6) is 11.5 Å². The summed E-state index contributed by atoms with van der Waals surface area (Å²) < 4.78 is 17.2. The molecule has 2 aliphatic heterocycles. The van der Waals surface area contributed by atoms with Crippen molar-refractivity contribution in [3.05, 3.63) is 59.7 Å². The van der Waals surface area contributed by atoms with Gasteiger partial charge in [-0.1, -0.05) is 31.2 Å². The summed E-state index contributed by atoms with van der Waals surface area (Å²) >= 11 is 0. The SMILES string of the molecule is C[C@H]1[C@H](c2ccc(O[C@H]3O[C@H](CO)[C@@H](O)[C@H](O)[C@H]3O)cc2)O[C@H](c2ccc(O)cc2)[C@@]1(C)O. The van der Waals surface area contributed by atoms with Gasteiger partial charge in [0.2, 0.25) is 6.29 Å². The molecule has 2 aliphatic rings. The van der Waals surface area contributed by atoms with E-state index < -0.39 is 55.1 Å². The molecule has 9 atom stereocenters. The summed E-state index contributed by atoms with van der Waals surface area (Å²) in [6, 6.07) is 13.4. The van der Waals surface area contributed by atoms with E-state index in [9.17, 15) is 30.6 Å². The van der Waals surface area contributed by atoms with Crippen LogP contribution in [0.15, 0.2) is 48.5 Å². The lowest BCUT2D eigenvalue weighted by Gasteiger charge is -2.39. The van der Waals surface area contributed by atoms with E-state index in [0.29, 0.717) is 5.75 Å². The van der Waals surface area contributed by atoms with E-state index in [1.165, 1.54) is 0 Å². The molecule has 33 heavy (non-hydrogen) atoms. The first kappa shape index (κ1) is 23.9. The molecule has 6 N–H and O–H groups in total. The number of phenols is 1. The minimum absolute atomic E-state index is 0.135. The van der Waals surface area contributed by atoms with Crippen LogP contribution in [-0.4, -0.2) is 73.6 Å². The zero-order valence-electron chi connectivity index (χ0n) is 18.4. The number of hydrogen-bond donors (Lipinski definition) is 6. The number of phenolic OH excluding ortho intramolecular Hbond substituents is 1. The van der Waals surface area contributed by atoms with Gasteiger partial charge in [-0.3, -0.25) is 0 Å². The van der Waals surface area contributed by atoms with Crippen molar-refractivity contribution in [1.82, 2.24) is 0 Å². The fourth-order valence-corrected chi connectivity index (χ4v) is 4.41. The van der Waals surface area contributed by atoms with Crippen molar-refractivity contribution in [2.45, 2.75) is 62.4 Å². The van der Waals surface area contributed by atoms with Crippen LogP contribution < -0.4 is 4.74 Å². The van der Waals surface area contributed by atoms with Crippen LogP contribution in [0, 0.1) is 5.92 Å². The van der Waals surface area contributed by atoms with E-state index >= 15 is 0 Å². The Bertz CT molecular complexity index is 928. The molecule has 2 fully saturated rings. The van der Waals surface area contributed by atoms with Crippen molar-refractivity contribution >= 4 is 0 Å². The highest BCUT2D eigenvalue weighted by Crippen LogP contribution is 2.51. The normalized spacial score (nSPS) is 38.9. The van der Waals surface area contributed by atoms with E-state index in [0.717, 1.165) is 11.1 Å². The number of rotatable bonds is 5. The Morgan fingerprint density at radius 2 is 1.48 bits per heavy atom. The van der Waals surface area contributed by atoms with E-state index in [4.69, 9.17) is 14.2 Å². The van der Waals surface area contributed by atoms with Gasteiger partial charge in [0, 0.05) is 5.92 Å². The summed E-state index contributed by atoms with van der Waals surface area (Å²) in [7, 11) is 0. The molecule has 0 saturated carbocycles. The largest absolute Gasteiger partial charge is 0.508 e. The molecule has 0 spiro atoms. The van der Waals surface area contributed by atoms with Gasteiger partial charge < -0.3 is 44.8 Å². The zero-order valence-corrected chi connectivity index (χ0v) is 18.4. The quantitative estimate of drug-likeness (QED) is 0.379. The van der Waals surface area contributed by atoms with Gasteiger partial charge in [-0.2, -0.15) is 0 Å². The van der Waals surface area contributed by atoms with Gasteiger partial charge in [-0.05, 0) is 42.3 Å². The maximum atomic E-state index is 11.2. The Morgan fingerprint density at radius 1 is 0.879 bits per heavy atom. The third kappa shape index (κ3) is 4.45. The fourth-order valence-electron chi connectivity index (χ4n) is 4.41. The van der Waals surface area contributed by atoms with E-state index in [1.54, 1.807) is 55.5 Å². The monoisotopic (exact) mass is 462 g/mol. The first-order valence-corrected chi connectivity index (χ1v) is 10.9. The van der Waals surface area contributed by atoms with Crippen LogP contribution in [0.3, 0.4) is 0 Å². The number of aliphatic hydroxyl groups is 5. The van der Waals surface area contributed by atoms with Crippen molar-refractivity contribution in [3.8, 4) is 11.5 Å². The lowest BCUT2D eigenvalue weighted by molar-refractivity contribution is -0.277. The van der Waals surface area contributed by atoms with Crippen molar-refractivity contribution in [2.75, 3.05) is 6.61 Å². The molecule has 0 unspecified atom stereocenters. The second-order valence-corrected chi connectivity index (χ2v) is 8.93. The molecular formula is C24H30O9. The standard InChI is InChI=1S/C24H30O9/c1-12-21(33-22(24(12,2)30)14-3-7-15(26)8-4-14)13-5-9-16(10-6-13)31-23-20(29)19(28)18(27)17(11-25)32-23/h3-10,12,17-23,25-30H,11H2,1-2H3/t12-,17+,18+,19-,20+,21+,22+,23-,24-/m0/s1. The summed E-state index contributed by atoms with van der Waals surface area (Å²) in [5.41, 5.74) is 0.424. The number of benzene rings is 2. The van der Waals surface area contributed by atoms with Crippen LogP contribution in [0.1, 0.15) is 37.2 Å². The van der Waals surface area contributed by atoms with Gasteiger partial charge in [0.15, 0.2) is 0 Å². The maximum absolute atomic E-state index is 11.2. The minimum atomic E-state index is -1.52. The average Bonchev–Trinajstić information content (AvgIpc) is 3.04. The van der Waals surface area contributed by atoms with Crippen LogP contribution in [0.4, 0.5) is 0 Å². The summed E-state index contributed by atoms with van der Waals surface area (Å²) in [5, 5.41) is 60.0. The number of aliphatic hydroxyl groups excluding tert-OH is 4. The van der Waals surface area contributed by atoms with Gasteiger partial charge in [-0.25, -0.2) is 0 Å². The zero-order chi connectivity index (χ0) is 23.9. The topological polar surface area (TPSA) is 149 Å². The summed E-state index contributed by atoms with van der Waals surface area (Å²) in [5.74, 6) is 0.236. The maximum Gasteiger partial charge on any atom is 0.229 e. The van der Waals surface area contributed by atoms with E-state index in [2.05, 4.69) is 0 Å². The fraction of sp³-hybridized carbons (Fsp3) is 0.500. The van der Waals surface area contributed by atoms with Crippen LogP contribution in [0.25, 0.3) is 0 Å². The predicted octanol–water partition coefficient (Wildman–Crippen LogP) is 0.771. The summed E-state index contributed by atoms with van der Waals surface area (Å²) in [4.78, 5) is 0. The van der Waals surface area contributed by atoms with Crippen LogP contribution in [0.2, 0.25) is 0 Å². The molecule has 0 amide bonds. The molecule has 0 aromatic heterocycles. The Hall–Kier alpha value is -2.24. The van der Waals surface area contributed by atoms with E-state index in [-0.39, 0.29) is 11.7 Å². The van der Waals surface area contributed by atoms with Gasteiger partial charge in [-0.15, -0.1) is 0 Å². The Morgan fingerprint density at radius 3 is 2.09 bits per heavy atom. The average molecular weight is 462 g/mol. The first-order valence-electron chi connectivity index (χ1n) is 10.9. The highest BCUT2D eigenvalue weighted by Gasteiger charge is 2.51. The van der Waals surface area contributed by atoms with Crippen molar-refractivity contribution < 1.29 is 44.8 Å². The second-order valence-electron chi connectivity index (χ2n) is 8.93. The van der Waals surface area contributed by atoms with Crippen molar-refractivity contribution in [3.63, 3.8) is 0 Å². The molecule has 2 aromatic rings. The van der Waals surface area contributed by atoms with Crippen LogP contribution in [-0.2, 0) is 9.47 Å². The smallest absolute Gasteiger partial charge is 0.229 e. The van der Waals surface area contributed by atoms with Crippen molar-refractivity contribution in [1.29, 1.82) is 0 Å². The van der Waals surface area contributed by atoms with Gasteiger partial charge >= 0.3 is 0 Å². The molecule has 2 heterocycles. The number of aromatic hydroxyl groups is 1. The molecule has 0 bridgehead atoms. The first-order chi connectivity index (χ1) is 15.6. The molecule has 0 aliphatic carbocycles. The van der Waals surface area contributed by atoms with Gasteiger partial charge in [0.05, 0.1) is 18.3 Å². The summed E-state index contributed by atoms with van der Waals surface area (Å²) in [6.45, 7) is 3.10. The molecule has 180 valence electrons. The molecule has 9 nitrogen and oxygen atoms in total. The highest BCUT2D eigenvalue weighted by atomic mass is 16.7. The molecular weight excluding hydrogens is 432 g/mol. The predicted molar refractivity (Wildman–Crippen MR) is 115 cm³/mol. The third-order valence-electron chi connectivity index (χ3n) is 6.69. The second kappa shape index (κ2) is 9.19. The Balaban J connectivity index is 1.48. The number of ether oxygens (including phenoxy) is 3. The van der Waals surface area contributed by atoms with Gasteiger partial charge in [0.1, 0.15) is 42.0 Å². The van der Waals surface area contributed by atoms with Gasteiger partial charge in [0.25, 0.3) is 0 Å². The van der Waals surface area contributed by atoms with Crippen LogP contribution >= 0.6 is 0 Å². The highest BCUT2D eigenvalue weighted by molar-refractivity contribution is 5.33. The molecule has 0 radical (unpaired) electrons. The molecule has 4 rings (SSSR count). The summed E-state index contributed by atoms with van der Waals surface area (Å²) in [6.07, 6.45) is -7.79. The Labute approximate surface area is 191 Å². The number of hydrogen-bond acceptors (Lipinski definition) is 9. The molecule has 2 saturated heterocycles. The third-order valence-corrected chi connectivity index (χ3v) is 6.69. The molecule has 2 aromatic carbocycles. The Kier molecular flexibility index (Phi) is 6.66. The minimum Gasteiger partial charge on any atom is -0.508 e. The lowest BCUT2D eigenvalue weighted by Crippen LogP contribution is -2.60.